The van der Waals surface area contributed by atoms with Crippen LogP contribution in [0.15, 0.2) is 0 Å². The summed E-state index contributed by atoms with van der Waals surface area (Å²) in [5.41, 5.74) is 0. The number of carboxylic acid groups (broad SMARTS) is 1. The molecule has 20 heavy (non-hydrogen) atoms. The zero-order valence-electron chi connectivity index (χ0n) is 11.5. The van der Waals surface area contributed by atoms with E-state index in [0.717, 1.165) is 0 Å². The van der Waals surface area contributed by atoms with E-state index in [9.17, 15) is 9.59 Å². The molecule has 1 unspecified atom stereocenters. The summed E-state index contributed by atoms with van der Waals surface area (Å²) >= 11 is 0. The van der Waals surface area contributed by atoms with E-state index in [0.29, 0.717) is 19.0 Å². The van der Waals surface area contributed by atoms with Crippen LogP contribution < -0.4 is 0 Å². The van der Waals surface area contributed by atoms with Gasteiger partial charge in [-0.25, -0.2) is 4.98 Å². The Bertz CT molecular complexity index is 499. The Hall–Kier alpha value is -1.96. The Morgan fingerprint density at radius 3 is 2.90 bits per heavy atom. The first-order chi connectivity index (χ1) is 9.49. The molecule has 0 bridgehead atoms. The molecule has 1 aromatic rings. The van der Waals surface area contributed by atoms with Crippen molar-refractivity contribution in [2.24, 2.45) is 0 Å². The average Bonchev–Trinajstić information content (AvgIpc) is 2.87. The highest BCUT2D eigenvalue weighted by atomic mass is 16.5. The predicted octanol–water partition coefficient (Wildman–Crippen LogP) is 0.244. The van der Waals surface area contributed by atoms with Crippen LogP contribution in [-0.2, 0) is 9.53 Å². The molecule has 1 aliphatic rings. The number of aromatic nitrogens is 3. The molecule has 110 valence electrons. The van der Waals surface area contributed by atoms with Crippen LogP contribution in [0.5, 0.6) is 0 Å². The number of carboxylic acids is 1. The molecule has 2 rings (SSSR count). The molecule has 0 spiro atoms. The Morgan fingerprint density at radius 1 is 1.55 bits per heavy atom. The minimum Gasteiger partial charge on any atom is -0.481 e. The van der Waals surface area contributed by atoms with E-state index in [1.54, 1.807) is 0 Å². The number of H-pyrrole nitrogens is 1. The van der Waals surface area contributed by atoms with Crippen molar-refractivity contribution in [2.75, 3.05) is 19.8 Å². The van der Waals surface area contributed by atoms with Crippen LogP contribution in [0.1, 0.15) is 42.6 Å². The summed E-state index contributed by atoms with van der Waals surface area (Å²) < 4.78 is 5.24. The highest BCUT2D eigenvalue weighted by Crippen LogP contribution is 2.15. The van der Waals surface area contributed by atoms with E-state index in [1.165, 1.54) is 4.90 Å². The van der Waals surface area contributed by atoms with E-state index in [4.69, 9.17) is 9.84 Å². The van der Waals surface area contributed by atoms with E-state index in [1.807, 2.05) is 13.8 Å². The lowest BCUT2D eigenvalue weighted by Crippen LogP contribution is -2.49. The Morgan fingerprint density at radius 2 is 2.30 bits per heavy atom. The average molecular weight is 282 g/mol. The van der Waals surface area contributed by atoms with Gasteiger partial charge < -0.3 is 14.7 Å². The maximum absolute atomic E-state index is 12.4. The summed E-state index contributed by atoms with van der Waals surface area (Å²) in [4.78, 5) is 28.8. The van der Waals surface area contributed by atoms with Crippen LogP contribution >= 0.6 is 0 Å². The first-order valence-corrected chi connectivity index (χ1v) is 6.52. The third-order valence-corrected chi connectivity index (χ3v) is 3.14. The van der Waals surface area contributed by atoms with Crippen LogP contribution in [0.3, 0.4) is 0 Å². The number of amides is 1. The summed E-state index contributed by atoms with van der Waals surface area (Å²) in [5, 5.41) is 15.5. The smallest absolute Gasteiger partial charge is 0.305 e. The number of carbonyl (C=O) groups excluding carboxylic acids is 1. The van der Waals surface area contributed by atoms with Gasteiger partial charge in [0.1, 0.15) is 5.82 Å². The molecule has 0 saturated carbocycles. The van der Waals surface area contributed by atoms with Gasteiger partial charge >= 0.3 is 5.97 Å². The van der Waals surface area contributed by atoms with Crippen molar-refractivity contribution in [1.82, 2.24) is 20.1 Å². The van der Waals surface area contributed by atoms with E-state index < -0.39 is 12.0 Å². The Balaban J connectivity index is 2.13. The van der Waals surface area contributed by atoms with Crippen LogP contribution in [-0.4, -0.2) is 62.9 Å². The van der Waals surface area contributed by atoms with Gasteiger partial charge in [0.05, 0.1) is 25.7 Å². The molecule has 0 aliphatic carbocycles. The number of hydrogen-bond acceptors (Lipinski definition) is 5. The normalized spacial score (nSPS) is 19.4. The number of hydrogen-bond donors (Lipinski definition) is 2. The molecule has 0 radical (unpaired) electrons. The second-order valence-corrected chi connectivity index (χ2v) is 5.02. The van der Waals surface area contributed by atoms with Gasteiger partial charge in [-0.3, -0.25) is 14.7 Å². The first kappa shape index (κ1) is 14.4. The molecule has 1 aromatic heterocycles. The monoisotopic (exact) mass is 282 g/mol. The first-order valence-electron chi connectivity index (χ1n) is 6.52. The van der Waals surface area contributed by atoms with Gasteiger partial charge in [-0.15, -0.1) is 5.10 Å². The third kappa shape index (κ3) is 3.13. The predicted molar refractivity (Wildman–Crippen MR) is 68.4 cm³/mol. The summed E-state index contributed by atoms with van der Waals surface area (Å²) in [6.07, 6.45) is -0.146. The maximum atomic E-state index is 12.4. The fourth-order valence-corrected chi connectivity index (χ4v) is 2.05. The van der Waals surface area contributed by atoms with Gasteiger partial charge in [-0.2, -0.15) is 0 Å². The lowest BCUT2D eigenvalue weighted by molar-refractivity contribution is -0.139. The third-order valence-electron chi connectivity index (χ3n) is 3.14. The van der Waals surface area contributed by atoms with Crippen molar-refractivity contribution < 1.29 is 19.4 Å². The highest BCUT2D eigenvalue weighted by Gasteiger charge is 2.31. The quantitative estimate of drug-likeness (QED) is 0.819. The second kappa shape index (κ2) is 6.00. The Labute approximate surface area is 116 Å². The van der Waals surface area contributed by atoms with Crippen molar-refractivity contribution in [3.05, 3.63) is 11.6 Å². The molecule has 8 nitrogen and oxygen atoms in total. The summed E-state index contributed by atoms with van der Waals surface area (Å²) in [6.45, 7) is 4.85. The SMILES string of the molecule is CC(C)c1nc(C(=O)N2CCOCC2CC(=O)O)n[nH]1. The largest absolute Gasteiger partial charge is 0.481 e. The number of aliphatic carboxylic acids is 1. The molecule has 1 amide bonds. The van der Waals surface area contributed by atoms with Gasteiger partial charge in [0.25, 0.3) is 5.91 Å². The van der Waals surface area contributed by atoms with Gasteiger partial charge in [0.15, 0.2) is 0 Å². The van der Waals surface area contributed by atoms with Gasteiger partial charge in [-0.1, -0.05) is 13.8 Å². The number of nitrogens with zero attached hydrogens (tertiary/aromatic N) is 3. The fourth-order valence-electron chi connectivity index (χ4n) is 2.05. The lowest BCUT2D eigenvalue weighted by atomic mass is 10.1. The molecule has 1 aliphatic heterocycles. The molecule has 2 heterocycles. The van der Waals surface area contributed by atoms with Crippen LogP contribution in [0.4, 0.5) is 0 Å². The molecule has 2 N–H and O–H groups in total. The number of rotatable bonds is 4. The van der Waals surface area contributed by atoms with Crippen molar-refractivity contribution >= 4 is 11.9 Å². The molecular formula is C12H18N4O4. The van der Waals surface area contributed by atoms with E-state index in [2.05, 4.69) is 15.2 Å². The van der Waals surface area contributed by atoms with Crippen molar-refractivity contribution in [3.8, 4) is 0 Å². The zero-order chi connectivity index (χ0) is 14.7. The fraction of sp³-hybridized carbons (Fsp3) is 0.667. The lowest BCUT2D eigenvalue weighted by Gasteiger charge is -2.33. The van der Waals surface area contributed by atoms with Crippen molar-refractivity contribution in [2.45, 2.75) is 32.2 Å². The number of ether oxygens (including phenoxy) is 1. The van der Waals surface area contributed by atoms with E-state index in [-0.39, 0.29) is 30.7 Å². The number of carbonyl (C=O) groups is 2. The van der Waals surface area contributed by atoms with Crippen LogP contribution in [0.2, 0.25) is 0 Å². The molecule has 8 heteroatoms. The van der Waals surface area contributed by atoms with Gasteiger partial charge in [-0.05, 0) is 0 Å². The number of morpholine rings is 1. The summed E-state index contributed by atoms with van der Waals surface area (Å²) in [6, 6.07) is -0.477. The molecular weight excluding hydrogens is 264 g/mol. The summed E-state index contributed by atoms with van der Waals surface area (Å²) in [7, 11) is 0. The van der Waals surface area contributed by atoms with Gasteiger partial charge in [0.2, 0.25) is 5.82 Å². The second-order valence-electron chi connectivity index (χ2n) is 5.02. The van der Waals surface area contributed by atoms with E-state index >= 15 is 0 Å². The highest BCUT2D eigenvalue weighted by molar-refractivity contribution is 5.91. The van der Waals surface area contributed by atoms with Crippen molar-refractivity contribution in [1.29, 1.82) is 0 Å². The minimum atomic E-state index is -0.962. The Kier molecular flexibility index (Phi) is 4.33. The number of aromatic amines is 1. The zero-order valence-corrected chi connectivity index (χ0v) is 11.5. The standard InChI is InChI=1S/C12H18N4O4/c1-7(2)10-13-11(15-14-10)12(19)16-3-4-20-6-8(16)5-9(17)18/h7-8H,3-6H2,1-2H3,(H,17,18)(H,13,14,15). The molecule has 1 saturated heterocycles. The summed E-state index contributed by atoms with van der Waals surface area (Å²) in [5.74, 6) is -0.468. The van der Waals surface area contributed by atoms with Gasteiger partial charge in [0, 0.05) is 12.5 Å². The maximum Gasteiger partial charge on any atom is 0.305 e. The van der Waals surface area contributed by atoms with Crippen LogP contribution in [0.25, 0.3) is 0 Å². The van der Waals surface area contributed by atoms with Crippen LogP contribution in [0, 0.1) is 0 Å². The topological polar surface area (TPSA) is 108 Å². The molecule has 0 aromatic carbocycles. The molecule has 1 atom stereocenters. The molecule has 1 fully saturated rings. The minimum absolute atomic E-state index is 0.0750. The van der Waals surface area contributed by atoms with Crippen molar-refractivity contribution in [3.63, 3.8) is 0 Å². The number of nitrogens with one attached hydrogen (secondary N) is 1.